The minimum atomic E-state index is -0.169. The van der Waals surface area contributed by atoms with Gasteiger partial charge in [-0.1, -0.05) is 42.5 Å². The molecule has 1 N–H and O–H groups in total. The van der Waals surface area contributed by atoms with Crippen molar-refractivity contribution in [2.24, 2.45) is 0 Å². The highest BCUT2D eigenvalue weighted by Gasteiger charge is 2.00. The second-order valence-corrected chi connectivity index (χ2v) is 3.94. The Morgan fingerprint density at radius 1 is 0.941 bits per heavy atom. The van der Waals surface area contributed by atoms with E-state index in [0.717, 1.165) is 5.69 Å². The fourth-order valence-electron chi connectivity index (χ4n) is 1.67. The van der Waals surface area contributed by atoms with E-state index in [1.807, 2.05) is 37.3 Å². The summed E-state index contributed by atoms with van der Waals surface area (Å²) >= 11 is 0. The summed E-state index contributed by atoms with van der Waals surface area (Å²) in [7, 11) is 0. The summed E-state index contributed by atoms with van der Waals surface area (Å²) in [4.78, 5) is 0. The van der Waals surface area contributed by atoms with Gasteiger partial charge in [0.1, 0.15) is 6.04 Å². The molecule has 2 aromatic rings. The summed E-state index contributed by atoms with van der Waals surface area (Å²) in [6.07, 6.45) is 0. The molecule has 0 bridgehead atoms. The van der Waals surface area contributed by atoms with E-state index in [9.17, 15) is 0 Å². The molecule has 2 aromatic carbocycles. The predicted octanol–water partition coefficient (Wildman–Crippen LogP) is 3.68. The molecule has 0 saturated heterocycles. The summed E-state index contributed by atoms with van der Waals surface area (Å²) < 4.78 is 0. The van der Waals surface area contributed by atoms with Gasteiger partial charge >= 0.3 is 0 Å². The van der Waals surface area contributed by atoms with Crippen molar-refractivity contribution in [1.29, 1.82) is 5.26 Å². The normalized spacial score (nSPS) is 11.5. The number of nitrogens with zero attached hydrogens (tertiary/aromatic N) is 1. The summed E-state index contributed by atoms with van der Waals surface area (Å²) in [6.45, 7) is 1.84. The molecule has 2 rings (SSSR count). The van der Waals surface area contributed by atoms with Crippen LogP contribution in [0, 0.1) is 11.3 Å². The van der Waals surface area contributed by atoms with Crippen molar-refractivity contribution >= 4 is 5.69 Å². The predicted molar refractivity (Wildman–Crippen MR) is 70.6 cm³/mol. The Morgan fingerprint density at radius 2 is 1.53 bits per heavy atom. The van der Waals surface area contributed by atoms with E-state index < -0.39 is 0 Å². The smallest absolute Gasteiger partial charge is 0.111 e. The highest BCUT2D eigenvalue weighted by atomic mass is 14.9. The third-order valence-corrected chi connectivity index (χ3v) is 2.57. The van der Waals surface area contributed by atoms with Crippen LogP contribution in [0.1, 0.15) is 6.92 Å². The van der Waals surface area contributed by atoms with E-state index in [1.165, 1.54) is 11.1 Å². The van der Waals surface area contributed by atoms with Crippen molar-refractivity contribution in [1.82, 2.24) is 0 Å². The molecular weight excluding hydrogens is 208 g/mol. The summed E-state index contributed by atoms with van der Waals surface area (Å²) in [5.41, 5.74) is 3.35. The molecule has 0 fully saturated rings. The number of hydrogen-bond donors (Lipinski definition) is 1. The van der Waals surface area contributed by atoms with Gasteiger partial charge in [0.15, 0.2) is 0 Å². The van der Waals surface area contributed by atoms with Crippen molar-refractivity contribution in [2.45, 2.75) is 13.0 Å². The van der Waals surface area contributed by atoms with E-state index in [1.54, 1.807) is 0 Å². The lowest BCUT2D eigenvalue weighted by molar-refractivity contribution is 1.01. The molecule has 0 aliphatic rings. The number of nitrogens with one attached hydrogen (secondary N) is 1. The molecule has 1 unspecified atom stereocenters. The second-order valence-electron chi connectivity index (χ2n) is 3.94. The Bertz CT molecular complexity index is 509. The molecule has 0 aromatic heterocycles. The van der Waals surface area contributed by atoms with Gasteiger partial charge in [-0.15, -0.1) is 0 Å². The van der Waals surface area contributed by atoms with Crippen LogP contribution < -0.4 is 5.32 Å². The van der Waals surface area contributed by atoms with Crippen LogP contribution in [0.2, 0.25) is 0 Å². The lowest BCUT2D eigenvalue weighted by Gasteiger charge is -2.08. The van der Waals surface area contributed by atoms with Crippen molar-refractivity contribution in [3.8, 4) is 17.2 Å². The van der Waals surface area contributed by atoms with E-state index in [-0.39, 0.29) is 6.04 Å². The minimum Gasteiger partial charge on any atom is -0.370 e. The number of benzene rings is 2. The Labute approximate surface area is 102 Å². The molecule has 0 saturated carbocycles. The van der Waals surface area contributed by atoms with E-state index in [2.05, 4.69) is 35.7 Å². The zero-order valence-corrected chi connectivity index (χ0v) is 9.72. The van der Waals surface area contributed by atoms with Gasteiger partial charge < -0.3 is 5.32 Å². The monoisotopic (exact) mass is 222 g/mol. The number of anilines is 1. The van der Waals surface area contributed by atoms with Gasteiger partial charge in [-0.3, -0.25) is 0 Å². The topological polar surface area (TPSA) is 35.8 Å². The number of rotatable bonds is 3. The molecule has 1 atom stereocenters. The maximum atomic E-state index is 8.72. The molecule has 0 amide bonds. The largest absolute Gasteiger partial charge is 0.370 e. The van der Waals surface area contributed by atoms with Crippen molar-refractivity contribution in [2.75, 3.05) is 5.32 Å². The third kappa shape index (κ3) is 2.85. The fraction of sp³-hybridized carbons (Fsp3) is 0.133. The fourth-order valence-corrected chi connectivity index (χ4v) is 1.67. The van der Waals surface area contributed by atoms with Crippen LogP contribution >= 0.6 is 0 Å². The lowest BCUT2D eigenvalue weighted by atomic mass is 10.1. The average Bonchev–Trinajstić information content (AvgIpc) is 2.40. The Balaban J connectivity index is 2.17. The summed E-state index contributed by atoms with van der Waals surface area (Å²) in [6, 6.07) is 20.3. The van der Waals surface area contributed by atoms with Crippen LogP contribution in [0.15, 0.2) is 54.6 Å². The highest BCUT2D eigenvalue weighted by Crippen LogP contribution is 2.21. The maximum absolute atomic E-state index is 8.72. The van der Waals surface area contributed by atoms with E-state index in [4.69, 9.17) is 5.26 Å². The van der Waals surface area contributed by atoms with E-state index >= 15 is 0 Å². The van der Waals surface area contributed by atoms with Crippen molar-refractivity contribution in [3.05, 3.63) is 54.6 Å². The molecular formula is C15H14N2. The second kappa shape index (κ2) is 5.18. The molecule has 17 heavy (non-hydrogen) atoms. The third-order valence-electron chi connectivity index (χ3n) is 2.57. The van der Waals surface area contributed by atoms with Gasteiger partial charge in [-0.25, -0.2) is 0 Å². The van der Waals surface area contributed by atoms with Crippen LogP contribution in [0.5, 0.6) is 0 Å². The van der Waals surface area contributed by atoms with Crippen molar-refractivity contribution in [3.63, 3.8) is 0 Å². The molecule has 0 aliphatic heterocycles. The zero-order valence-electron chi connectivity index (χ0n) is 9.72. The van der Waals surface area contributed by atoms with Crippen LogP contribution in [0.25, 0.3) is 11.1 Å². The summed E-state index contributed by atoms with van der Waals surface area (Å²) in [5.74, 6) is 0. The van der Waals surface area contributed by atoms with Gasteiger partial charge in [0.25, 0.3) is 0 Å². The molecule has 0 heterocycles. The van der Waals surface area contributed by atoms with Gasteiger partial charge in [0, 0.05) is 5.69 Å². The van der Waals surface area contributed by atoms with Crippen LogP contribution in [-0.4, -0.2) is 6.04 Å². The van der Waals surface area contributed by atoms with Gasteiger partial charge in [0.05, 0.1) is 6.07 Å². The first-order valence-electron chi connectivity index (χ1n) is 5.61. The van der Waals surface area contributed by atoms with Gasteiger partial charge in [0.2, 0.25) is 0 Å². The highest BCUT2D eigenvalue weighted by molar-refractivity contribution is 5.66. The minimum absolute atomic E-state index is 0.169. The van der Waals surface area contributed by atoms with Crippen LogP contribution in [-0.2, 0) is 0 Å². The first kappa shape index (κ1) is 11.2. The van der Waals surface area contributed by atoms with Crippen molar-refractivity contribution < 1.29 is 0 Å². The van der Waals surface area contributed by atoms with Crippen LogP contribution in [0.3, 0.4) is 0 Å². The quantitative estimate of drug-likeness (QED) is 0.859. The maximum Gasteiger partial charge on any atom is 0.111 e. The SMILES string of the molecule is CC(C#N)Nc1ccc(-c2ccccc2)cc1. The standard InChI is InChI=1S/C15H14N2/c1-12(11-16)17-15-9-7-14(8-10-15)13-5-3-2-4-6-13/h2-10,12,17H,1H3. The molecule has 0 aliphatic carbocycles. The number of hydrogen-bond acceptors (Lipinski definition) is 2. The molecule has 2 heteroatoms. The first-order chi connectivity index (χ1) is 8.29. The average molecular weight is 222 g/mol. The van der Waals surface area contributed by atoms with E-state index in [0.29, 0.717) is 0 Å². The zero-order chi connectivity index (χ0) is 12.1. The van der Waals surface area contributed by atoms with Gasteiger partial charge in [-0.2, -0.15) is 5.26 Å². The van der Waals surface area contributed by atoms with Gasteiger partial charge in [-0.05, 0) is 30.2 Å². The summed E-state index contributed by atoms with van der Waals surface area (Å²) in [5, 5.41) is 11.8. The molecule has 0 radical (unpaired) electrons. The van der Waals surface area contributed by atoms with Crippen LogP contribution in [0.4, 0.5) is 5.69 Å². The molecule has 2 nitrogen and oxygen atoms in total. The Morgan fingerprint density at radius 3 is 2.12 bits per heavy atom. The Kier molecular flexibility index (Phi) is 3.42. The Hall–Kier alpha value is -2.27. The first-order valence-corrected chi connectivity index (χ1v) is 5.61. The molecule has 84 valence electrons. The lowest BCUT2D eigenvalue weighted by Crippen LogP contribution is -2.11. The molecule has 0 spiro atoms. The number of nitriles is 1.